The van der Waals surface area contributed by atoms with Crippen LogP contribution >= 0.6 is 11.6 Å². The van der Waals surface area contributed by atoms with E-state index in [1.54, 1.807) is 18.2 Å². The summed E-state index contributed by atoms with van der Waals surface area (Å²) < 4.78 is 71.7. The van der Waals surface area contributed by atoms with E-state index < -0.39 is 33.1 Å². The number of pyridine rings is 1. The predicted octanol–water partition coefficient (Wildman–Crippen LogP) is 5.25. The third kappa shape index (κ3) is 4.40. The van der Waals surface area contributed by atoms with Crippen molar-refractivity contribution in [3.63, 3.8) is 0 Å². The molecule has 37 heavy (non-hydrogen) atoms. The van der Waals surface area contributed by atoms with E-state index in [1.807, 2.05) is 13.8 Å². The second kappa shape index (κ2) is 8.45. The number of hydrogen-bond acceptors (Lipinski definition) is 6. The molecule has 5 rings (SSSR count). The van der Waals surface area contributed by atoms with Crippen molar-refractivity contribution in [2.24, 2.45) is 0 Å². The lowest BCUT2D eigenvalue weighted by Crippen LogP contribution is -2.34. The topological polar surface area (TPSA) is 109 Å². The van der Waals surface area contributed by atoms with Gasteiger partial charge in [0.05, 0.1) is 15.6 Å². The van der Waals surface area contributed by atoms with Crippen molar-refractivity contribution in [1.82, 2.24) is 15.1 Å². The normalized spacial score (nSPS) is 15.1. The first kappa shape index (κ1) is 25.0. The Hall–Kier alpha value is -3.64. The molecule has 2 aromatic heterocycles. The van der Waals surface area contributed by atoms with Crippen molar-refractivity contribution in [2.75, 3.05) is 10.8 Å². The van der Waals surface area contributed by atoms with Crippen molar-refractivity contribution in [3.05, 3.63) is 81.6 Å². The zero-order valence-corrected chi connectivity index (χ0v) is 20.9. The van der Waals surface area contributed by atoms with E-state index in [0.29, 0.717) is 22.4 Å². The van der Waals surface area contributed by atoms with Gasteiger partial charge in [-0.15, -0.1) is 0 Å². The quantitative estimate of drug-likeness (QED) is 0.372. The van der Waals surface area contributed by atoms with Gasteiger partial charge in [-0.05, 0) is 47.5 Å². The third-order valence-corrected chi connectivity index (χ3v) is 8.21. The molecule has 0 radical (unpaired) electrons. The van der Waals surface area contributed by atoms with Gasteiger partial charge in [0.2, 0.25) is 0 Å². The lowest BCUT2D eigenvalue weighted by molar-refractivity contribution is -0.141. The van der Waals surface area contributed by atoms with Crippen LogP contribution in [0.1, 0.15) is 25.1 Å². The van der Waals surface area contributed by atoms with Gasteiger partial charge in [-0.1, -0.05) is 42.7 Å². The fourth-order valence-electron chi connectivity index (χ4n) is 4.27. The maximum atomic E-state index is 13.6. The Morgan fingerprint density at radius 3 is 2.41 bits per heavy atom. The van der Waals surface area contributed by atoms with Gasteiger partial charge >= 0.3 is 11.9 Å². The summed E-state index contributed by atoms with van der Waals surface area (Å²) in [5.41, 5.74) is 0.966. The van der Waals surface area contributed by atoms with Gasteiger partial charge in [0.1, 0.15) is 5.69 Å². The molecule has 0 fully saturated rings. The van der Waals surface area contributed by atoms with Crippen LogP contribution in [-0.4, -0.2) is 30.1 Å². The van der Waals surface area contributed by atoms with Gasteiger partial charge in [0.15, 0.2) is 5.82 Å². The molecule has 192 valence electrons. The Morgan fingerprint density at radius 2 is 1.81 bits per heavy atom. The van der Waals surface area contributed by atoms with Crippen LogP contribution in [0, 0.1) is 0 Å². The Morgan fingerprint density at radius 1 is 1.08 bits per heavy atom. The second-order valence-corrected chi connectivity index (χ2v) is 11.4. The van der Waals surface area contributed by atoms with Gasteiger partial charge in [0.25, 0.3) is 10.0 Å². The van der Waals surface area contributed by atoms with Gasteiger partial charge < -0.3 is 0 Å². The molecule has 0 saturated heterocycles. The van der Waals surface area contributed by atoms with Crippen LogP contribution in [0.5, 0.6) is 0 Å². The first-order chi connectivity index (χ1) is 17.3. The first-order valence-corrected chi connectivity index (χ1v) is 12.7. The summed E-state index contributed by atoms with van der Waals surface area (Å²) in [4.78, 5) is 17.1. The second-order valence-electron chi connectivity index (χ2n) is 9.14. The molecule has 0 spiro atoms. The molecule has 8 nitrogen and oxygen atoms in total. The molecule has 0 unspecified atom stereocenters. The van der Waals surface area contributed by atoms with E-state index >= 15 is 0 Å². The standard InChI is InChI=1S/C24H18ClF3N4O4S/c1-23(2)12-32(37(34,35)15-5-6-16(18(25)10-15)21-30-22(33)36-31-21)19-7-3-13(9-17(19)23)14-4-8-20(29-11-14)24(26,27)28/h3-11H,12H2,1-2H3,(H,30,31,33). The molecule has 0 atom stereocenters. The zero-order valence-electron chi connectivity index (χ0n) is 19.3. The highest BCUT2D eigenvalue weighted by molar-refractivity contribution is 7.92. The Bertz CT molecular complexity index is 1680. The van der Waals surface area contributed by atoms with Gasteiger partial charge in [-0.25, -0.2) is 13.2 Å². The minimum Gasteiger partial charge on any atom is -0.296 e. The van der Waals surface area contributed by atoms with Crippen molar-refractivity contribution in [3.8, 4) is 22.5 Å². The van der Waals surface area contributed by atoms with Crippen molar-refractivity contribution in [2.45, 2.75) is 30.3 Å². The monoisotopic (exact) mass is 550 g/mol. The molecule has 1 N–H and O–H groups in total. The number of sulfonamides is 1. The number of aromatic nitrogens is 3. The van der Waals surface area contributed by atoms with Crippen LogP contribution in [0.3, 0.4) is 0 Å². The van der Waals surface area contributed by atoms with Crippen LogP contribution in [0.2, 0.25) is 5.02 Å². The van der Waals surface area contributed by atoms with Crippen LogP contribution in [-0.2, 0) is 21.6 Å². The number of alkyl halides is 3. The fraction of sp³-hybridized carbons (Fsp3) is 0.208. The van der Waals surface area contributed by atoms with Crippen molar-refractivity contribution in [1.29, 1.82) is 0 Å². The van der Waals surface area contributed by atoms with E-state index in [0.717, 1.165) is 17.8 Å². The predicted molar refractivity (Wildman–Crippen MR) is 130 cm³/mol. The van der Waals surface area contributed by atoms with E-state index in [2.05, 4.69) is 19.6 Å². The maximum absolute atomic E-state index is 13.6. The Labute approximate surface area is 213 Å². The molecule has 4 aromatic rings. The maximum Gasteiger partial charge on any atom is 0.439 e. The summed E-state index contributed by atoms with van der Waals surface area (Å²) in [6.07, 6.45) is -3.40. The van der Waals surface area contributed by atoms with Gasteiger partial charge in [0, 0.05) is 29.3 Å². The number of H-pyrrole nitrogens is 1. The average molecular weight is 551 g/mol. The molecule has 1 aliphatic rings. The van der Waals surface area contributed by atoms with Crippen LogP contribution in [0.4, 0.5) is 18.9 Å². The molecule has 1 aliphatic heterocycles. The summed E-state index contributed by atoms with van der Waals surface area (Å²) in [5.74, 6) is -0.706. The third-order valence-electron chi connectivity index (χ3n) is 6.14. The lowest BCUT2D eigenvalue weighted by Gasteiger charge is -2.22. The van der Waals surface area contributed by atoms with Crippen molar-refractivity contribution < 1.29 is 26.1 Å². The van der Waals surface area contributed by atoms with Crippen LogP contribution in [0.25, 0.3) is 22.5 Å². The van der Waals surface area contributed by atoms with Gasteiger partial charge in [-0.2, -0.15) is 13.2 Å². The molecular formula is C24H18ClF3N4O4S. The van der Waals surface area contributed by atoms with E-state index in [-0.39, 0.29) is 22.3 Å². The highest BCUT2D eigenvalue weighted by Gasteiger charge is 2.41. The zero-order chi connectivity index (χ0) is 26.8. The number of nitrogens with one attached hydrogen (secondary N) is 1. The largest absolute Gasteiger partial charge is 0.439 e. The Balaban J connectivity index is 1.51. The number of benzene rings is 2. The van der Waals surface area contributed by atoms with E-state index in [9.17, 15) is 26.4 Å². The number of hydrogen-bond donors (Lipinski definition) is 1. The first-order valence-electron chi connectivity index (χ1n) is 10.8. The minimum atomic E-state index is -4.54. The SMILES string of the molecule is CC1(C)CN(S(=O)(=O)c2ccc(-c3noc(=O)[nH]3)c(Cl)c2)c2ccc(-c3ccc(C(F)(F)F)nc3)cc21. The van der Waals surface area contributed by atoms with Crippen LogP contribution < -0.4 is 10.1 Å². The summed E-state index contributed by atoms with van der Waals surface area (Å²) >= 11 is 6.31. The van der Waals surface area contributed by atoms with Crippen molar-refractivity contribution >= 4 is 27.3 Å². The number of fused-ring (bicyclic) bond motifs is 1. The number of aromatic amines is 1. The molecule has 0 bridgehead atoms. The fourth-order valence-corrected chi connectivity index (χ4v) is 6.28. The summed E-state index contributed by atoms with van der Waals surface area (Å²) in [7, 11) is -4.04. The molecule has 0 aliphatic carbocycles. The number of nitrogens with zero attached hydrogens (tertiary/aromatic N) is 3. The Kier molecular flexibility index (Phi) is 5.72. The van der Waals surface area contributed by atoms with E-state index in [4.69, 9.17) is 11.6 Å². The highest BCUT2D eigenvalue weighted by Crippen LogP contribution is 2.45. The molecule has 13 heteroatoms. The molecule has 0 amide bonds. The minimum absolute atomic E-state index is 0.0504. The average Bonchev–Trinajstić information content (AvgIpc) is 3.39. The highest BCUT2D eigenvalue weighted by atomic mass is 35.5. The molecule has 2 aromatic carbocycles. The number of halogens is 4. The van der Waals surface area contributed by atoms with Crippen LogP contribution in [0.15, 0.2) is 68.9 Å². The number of anilines is 1. The lowest BCUT2D eigenvalue weighted by atomic mass is 9.85. The summed E-state index contributed by atoms with van der Waals surface area (Å²) in [6.45, 7) is 3.90. The molecular weight excluding hydrogens is 533 g/mol. The number of rotatable bonds is 4. The summed E-state index contributed by atoms with van der Waals surface area (Å²) in [6, 6.07) is 11.3. The van der Waals surface area contributed by atoms with Gasteiger partial charge in [-0.3, -0.25) is 18.8 Å². The molecule has 0 saturated carbocycles. The summed E-state index contributed by atoms with van der Waals surface area (Å²) in [5, 5.41) is 3.62. The molecule has 3 heterocycles. The smallest absolute Gasteiger partial charge is 0.296 e. The van der Waals surface area contributed by atoms with E-state index in [1.165, 1.54) is 28.6 Å².